The van der Waals surface area contributed by atoms with Gasteiger partial charge in [-0.05, 0) is 37.3 Å². The lowest BCUT2D eigenvalue weighted by Crippen LogP contribution is -2.32. The molecule has 0 spiro atoms. The number of hydrogen-bond donors (Lipinski definition) is 2. The largest absolute Gasteiger partial charge is 0.350 e. The molecule has 1 amide bonds. The highest BCUT2D eigenvalue weighted by molar-refractivity contribution is 7.89. The van der Waals surface area contributed by atoms with Crippen molar-refractivity contribution in [2.24, 2.45) is 5.14 Å². The Balaban J connectivity index is 1.97. The molecule has 0 radical (unpaired) electrons. The van der Waals surface area contributed by atoms with Crippen LogP contribution in [-0.4, -0.2) is 30.7 Å². The minimum Gasteiger partial charge on any atom is -0.350 e. The highest BCUT2D eigenvalue weighted by Crippen LogP contribution is 2.08. The van der Waals surface area contributed by atoms with Crippen molar-refractivity contribution in [3.05, 3.63) is 58.0 Å². The van der Waals surface area contributed by atoms with Crippen LogP contribution in [0.4, 0.5) is 0 Å². The van der Waals surface area contributed by atoms with E-state index >= 15 is 0 Å². The zero-order chi connectivity index (χ0) is 17.0. The van der Waals surface area contributed by atoms with E-state index in [9.17, 15) is 18.0 Å². The molecule has 1 aromatic heterocycles. The summed E-state index contributed by atoms with van der Waals surface area (Å²) in [6.45, 7) is 2.22. The number of aryl methyl sites for hydroxylation is 1. The van der Waals surface area contributed by atoms with Crippen LogP contribution in [0.2, 0.25) is 0 Å². The number of hydrogen-bond acceptors (Lipinski definition) is 5. The van der Waals surface area contributed by atoms with Crippen molar-refractivity contribution in [1.29, 1.82) is 0 Å². The Morgan fingerprint density at radius 2 is 1.87 bits per heavy atom. The van der Waals surface area contributed by atoms with Gasteiger partial charge >= 0.3 is 0 Å². The normalized spacial score (nSPS) is 11.2. The molecule has 0 saturated heterocycles. The molecule has 0 bridgehead atoms. The van der Waals surface area contributed by atoms with Gasteiger partial charge in [-0.25, -0.2) is 18.2 Å². The van der Waals surface area contributed by atoms with Crippen LogP contribution in [-0.2, 0) is 16.6 Å². The topological polar surface area (TPSA) is 124 Å². The average Bonchev–Trinajstić information content (AvgIpc) is 2.50. The van der Waals surface area contributed by atoms with Crippen molar-refractivity contribution in [3.63, 3.8) is 0 Å². The molecule has 0 fully saturated rings. The van der Waals surface area contributed by atoms with Gasteiger partial charge in [0.15, 0.2) is 0 Å². The fourth-order valence-corrected chi connectivity index (χ4v) is 2.40. The summed E-state index contributed by atoms with van der Waals surface area (Å²) in [5, 5.41) is 11.7. The van der Waals surface area contributed by atoms with Crippen molar-refractivity contribution in [2.75, 3.05) is 6.54 Å². The Morgan fingerprint density at radius 1 is 1.22 bits per heavy atom. The Kier molecular flexibility index (Phi) is 4.92. The number of primary sulfonamides is 1. The molecule has 1 aromatic carbocycles. The molecule has 2 aromatic rings. The van der Waals surface area contributed by atoms with E-state index in [1.165, 1.54) is 35.0 Å². The first kappa shape index (κ1) is 16.8. The van der Waals surface area contributed by atoms with Crippen molar-refractivity contribution in [2.45, 2.75) is 18.4 Å². The number of nitrogens with one attached hydrogen (secondary N) is 1. The van der Waals surface area contributed by atoms with Crippen molar-refractivity contribution >= 4 is 15.9 Å². The van der Waals surface area contributed by atoms with Gasteiger partial charge in [-0.2, -0.15) is 5.10 Å². The van der Waals surface area contributed by atoms with E-state index in [2.05, 4.69) is 10.4 Å². The van der Waals surface area contributed by atoms with Crippen LogP contribution in [0.5, 0.6) is 0 Å². The van der Waals surface area contributed by atoms with Gasteiger partial charge in [0.1, 0.15) is 0 Å². The van der Waals surface area contributed by atoms with Gasteiger partial charge in [0, 0.05) is 18.2 Å². The quantitative estimate of drug-likeness (QED) is 0.771. The SMILES string of the molecule is Cc1ccc(=O)n(CCNC(=O)c2ccc(S(N)(=O)=O)cc2)n1. The Bertz CT molecular complexity index is 872. The Labute approximate surface area is 133 Å². The monoisotopic (exact) mass is 336 g/mol. The van der Waals surface area contributed by atoms with Gasteiger partial charge < -0.3 is 5.32 Å². The minimum atomic E-state index is -3.79. The van der Waals surface area contributed by atoms with Gasteiger partial charge in [0.05, 0.1) is 17.1 Å². The third-order valence-corrected chi connectivity index (χ3v) is 3.98. The van der Waals surface area contributed by atoms with E-state index < -0.39 is 10.0 Å². The van der Waals surface area contributed by atoms with Crippen molar-refractivity contribution in [1.82, 2.24) is 15.1 Å². The summed E-state index contributed by atoms with van der Waals surface area (Å²) in [6, 6.07) is 8.28. The highest BCUT2D eigenvalue weighted by Gasteiger charge is 2.10. The van der Waals surface area contributed by atoms with Gasteiger partial charge in [0.2, 0.25) is 10.0 Å². The molecule has 9 heteroatoms. The Morgan fingerprint density at radius 3 is 2.48 bits per heavy atom. The van der Waals surface area contributed by atoms with Gasteiger partial charge in [-0.15, -0.1) is 0 Å². The molecule has 0 aliphatic heterocycles. The predicted octanol–water partition coefficient (Wildman–Crippen LogP) is -0.371. The van der Waals surface area contributed by atoms with Crippen molar-refractivity contribution < 1.29 is 13.2 Å². The van der Waals surface area contributed by atoms with Crippen LogP contribution in [0.15, 0.2) is 46.1 Å². The van der Waals surface area contributed by atoms with E-state index in [1.807, 2.05) is 0 Å². The molecular weight excluding hydrogens is 320 g/mol. The molecule has 3 N–H and O–H groups in total. The van der Waals surface area contributed by atoms with E-state index in [-0.39, 0.29) is 29.5 Å². The number of nitrogens with two attached hydrogens (primary N) is 1. The smallest absolute Gasteiger partial charge is 0.266 e. The van der Waals surface area contributed by atoms with Crippen LogP contribution in [0, 0.1) is 6.92 Å². The van der Waals surface area contributed by atoms with Crippen LogP contribution < -0.4 is 16.0 Å². The maximum absolute atomic E-state index is 11.9. The first-order valence-corrected chi connectivity index (χ1v) is 8.28. The summed E-state index contributed by atoms with van der Waals surface area (Å²) in [5.74, 6) is -0.383. The number of aromatic nitrogens is 2. The maximum Gasteiger partial charge on any atom is 0.266 e. The second-order valence-corrected chi connectivity index (χ2v) is 6.42. The first-order valence-electron chi connectivity index (χ1n) is 6.73. The maximum atomic E-state index is 11.9. The number of sulfonamides is 1. The molecular formula is C14H16N4O4S. The molecule has 0 atom stereocenters. The summed E-state index contributed by atoms with van der Waals surface area (Å²) in [4.78, 5) is 23.5. The van der Waals surface area contributed by atoms with Crippen molar-refractivity contribution in [3.8, 4) is 0 Å². The summed E-state index contributed by atoms with van der Waals surface area (Å²) < 4.78 is 23.5. The minimum absolute atomic E-state index is 0.0652. The number of amides is 1. The fourth-order valence-electron chi connectivity index (χ4n) is 1.88. The lowest BCUT2D eigenvalue weighted by molar-refractivity contribution is 0.0951. The lowest BCUT2D eigenvalue weighted by Gasteiger charge is -2.07. The first-order chi connectivity index (χ1) is 10.8. The number of rotatable bonds is 5. The molecule has 2 rings (SSSR count). The molecule has 23 heavy (non-hydrogen) atoms. The molecule has 8 nitrogen and oxygen atoms in total. The van der Waals surface area contributed by atoms with E-state index in [4.69, 9.17) is 5.14 Å². The van der Waals surface area contributed by atoms with E-state index in [0.717, 1.165) is 0 Å². The van der Waals surface area contributed by atoms with Gasteiger partial charge in [-0.1, -0.05) is 0 Å². The average molecular weight is 336 g/mol. The second-order valence-electron chi connectivity index (χ2n) is 4.86. The van der Waals surface area contributed by atoms with Gasteiger partial charge in [-0.3, -0.25) is 9.59 Å². The zero-order valence-corrected chi connectivity index (χ0v) is 13.2. The summed E-state index contributed by atoms with van der Waals surface area (Å²) in [6.07, 6.45) is 0. The van der Waals surface area contributed by atoms with Crippen LogP contribution in [0.3, 0.4) is 0 Å². The third kappa shape index (κ3) is 4.47. The number of nitrogens with zero attached hydrogens (tertiary/aromatic N) is 2. The Hall–Kier alpha value is -2.52. The van der Waals surface area contributed by atoms with Gasteiger partial charge in [0.25, 0.3) is 11.5 Å². The molecule has 0 aliphatic carbocycles. The highest BCUT2D eigenvalue weighted by atomic mass is 32.2. The number of carbonyl (C=O) groups excluding carboxylic acids is 1. The van der Waals surface area contributed by atoms with Crippen LogP contribution in [0.1, 0.15) is 16.1 Å². The summed E-state index contributed by atoms with van der Waals surface area (Å²) in [7, 11) is -3.79. The molecule has 0 unspecified atom stereocenters. The number of carbonyl (C=O) groups is 1. The molecule has 0 aliphatic rings. The van der Waals surface area contributed by atoms with E-state index in [1.54, 1.807) is 13.0 Å². The summed E-state index contributed by atoms with van der Waals surface area (Å²) in [5.41, 5.74) is 0.749. The van der Waals surface area contributed by atoms with E-state index in [0.29, 0.717) is 11.3 Å². The van der Waals surface area contributed by atoms with Crippen LogP contribution in [0.25, 0.3) is 0 Å². The standard InChI is InChI=1S/C14H16N4O4S/c1-10-2-7-13(19)18(17-10)9-8-16-14(20)11-3-5-12(6-4-11)23(15,21)22/h2-7H,8-9H2,1H3,(H,16,20)(H2,15,21,22). The third-order valence-electron chi connectivity index (χ3n) is 3.05. The second kappa shape index (κ2) is 6.71. The number of benzene rings is 1. The molecule has 0 saturated carbocycles. The predicted molar refractivity (Wildman–Crippen MR) is 83.4 cm³/mol. The van der Waals surface area contributed by atoms with Crippen LogP contribution >= 0.6 is 0 Å². The lowest BCUT2D eigenvalue weighted by atomic mass is 10.2. The molecule has 122 valence electrons. The molecule has 1 heterocycles. The zero-order valence-electron chi connectivity index (χ0n) is 12.4. The summed E-state index contributed by atoms with van der Waals surface area (Å²) >= 11 is 0. The fraction of sp³-hybridized carbons (Fsp3) is 0.214.